The van der Waals surface area contributed by atoms with E-state index in [1.807, 2.05) is 18.8 Å². The number of benzene rings is 1. The van der Waals surface area contributed by atoms with E-state index in [4.69, 9.17) is 0 Å². The molecule has 0 bridgehead atoms. The van der Waals surface area contributed by atoms with Crippen LogP contribution in [-0.4, -0.2) is 29.5 Å². The molecular formula is C16H25NOS. The molecule has 1 aliphatic carbocycles. The molecule has 0 aliphatic heterocycles. The summed E-state index contributed by atoms with van der Waals surface area (Å²) >= 11 is 1.95. The van der Waals surface area contributed by atoms with Crippen LogP contribution in [0.1, 0.15) is 44.6 Å². The van der Waals surface area contributed by atoms with Gasteiger partial charge in [-0.1, -0.05) is 26.0 Å². The number of aliphatic hydroxyl groups excluding tert-OH is 1. The molecule has 1 aromatic carbocycles. The first-order valence-electron chi connectivity index (χ1n) is 7.15. The smallest absolute Gasteiger partial charge is 0.0613 e. The first-order valence-corrected chi connectivity index (χ1v) is 8.03. The maximum Gasteiger partial charge on any atom is 0.0613 e. The van der Waals surface area contributed by atoms with Crippen LogP contribution in [0.15, 0.2) is 29.2 Å². The van der Waals surface area contributed by atoms with E-state index >= 15 is 0 Å². The third-order valence-electron chi connectivity index (χ3n) is 4.25. The van der Waals surface area contributed by atoms with Gasteiger partial charge < -0.3 is 10.4 Å². The van der Waals surface area contributed by atoms with E-state index in [1.54, 1.807) is 0 Å². The van der Waals surface area contributed by atoms with Gasteiger partial charge in [-0.15, -0.1) is 11.8 Å². The normalized spacial score (nSPS) is 27.1. The fourth-order valence-corrected chi connectivity index (χ4v) is 4.07. The predicted octanol–water partition coefficient (Wildman–Crippen LogP) is 3.41. The molecule has 1 fully saturated rings. The number of hydrogen-bond acceptors (Lipinski definition) is 3. The van der Waals surface area contributed by atoms with Gasteiger partial charge in [-0.2, -0.15) is 0 Å². The van der Waals surface area contributed by atoms with Crippen molar-refractivity contribution >= 4 is 11.8 Å². The summed E-state index contributed by atoms with van der Waals surface area (Å²) in [7, 11) is 1.96. The highest BCUT2D eigenvalue weighted by Crippen LogP contribution is 2.40. The average Bonchev–Trinajstić information content (AvgIpc) is 2.83. The number of rotatable bonds is 5. The van der Waals surface area contributed by atoms with E-state index in [-0.39, 0.29) is 12.1 Å². The molecule has 0 spiro atoms. The molecular weight excluding hydrogens is 254 g/mol. The molecule has 2 atom stereocenters. The highest BCUT2D eigenvalue weighted by Gasteiger charge is 2.37. The van der Waals surface area contributed by atoms with Crippen molar-refractivity contribution in [3.05, 3.63) is 29.8 Å². The average molecular weight is 279 g/mol. The summed E-state index contributed by atoms with van der Waals surface area (Å²) < 4.78 is 0. The van der Waals surface area contributed by atoms with Gasteiger partial charge in [-0.3, -0.25) is 0 Å². The zero-order valence-electron chi connectivity index (χ0n) is 12.1. The molecule has 2 unspecified atom stereocenters. The quantitative estimate of drug-likeness (QED) is 0.866. The van der Waals surface area contributed by atoms with Gasteiger partial charge in [0.15, 0.2) is 0 Å². The molecule has 0 radical (unpaired) electrons. The van der Waals surface area contributed by atoms with Gasteiger partial charge in [0.05, 0.1) is 6.61 Å². The Morgan fingerprint density at radius 2 is 2.05 bits per heavy atom. The number of aliphatic hydroxyl groups is 1. The molecule has 2 N–H and O–H groups in total. The van der Waals surface area contributed by atoms with E-state index in [0.717, 1.165) is 12.8 Å². The second kappa shape index (κ2) is 6.29. The van der Waals surface area contributed by atoms with E-state index in [9.17, 15) is 5.11 Å². The maximum absolute atomic E-state index is 9.53. The van der Waals surface area contributed by atoms with Crippen LogP contribution in [0.3, 0.4) is 0 Å². The van der Waals surface area contributed by atoms with Gasteiger partial charge in [0, 0.05) is 15.7 Å². The molecule has 3 heteroatoms. The summed E-state index contributed by atoms with van der Waals surface area (Å²) in [6.45, 7) is 4.69. The maximum atomic E-state index is 9.53. The summed E-state index contributed by atoms with van der Waals surface area (Å²) in [6, 6.07) is 8.94. The van der Waals surface area contributed by atoms with Crippen molar-refractivity contribution in [1.29, 1.82) is 0 Å². The molecule has 1 aromatic rings. The van der Waals surface area contributed by atoms with Crippen LogP contribution >= 0.6 is 11.8 Å². The minimum absolute atomic E-state index is 0.0461. The van der Waals surface area contributed by atoms with Crippen LogP contribution in [-0.2, 0) is 0 Å². The Morgan fingerprint density at radius 3 is 2.53 bits per heavy atom. The Bertz CT molecular complexity index is 398. The fourth-order valence-electron chi connectivity index (χ4n) is 2.75. The van der Waals surface area contributed by atoms with Crippen molar-refractivity contribution in [3.63, 3.8) is 0 Å². The van der Waals surface area contributed by atoms with Gasteiger partial charge >= 0.3 is 0 Å². The Kier molecular flexibility index (Phi) is 4.93. The fraction of sp³-hybridized carbons (Fsp3) is 0.625. The lowest BCUT2D eigenvalue weighted by Gasteiger charge is -2.26. The molecule has 19 heavy (non-hydrogen) atoms. The molecule has 0 saturated heterocycles. The lowest BCUT2D eigenvalue weighted by molar-refractivity contribution is 0.173. The van der Waals surface area contributed by atoms with Crippen LogP contribution in [0.5, 0.6) is 0 Å². The van der Waals surface area contributed by atoms with Crippen LogP contribution in [0, 0.1) is 0 Å². The minimum Gasteiger partial charge on any atom is -0.394 e. The van der Waals surface area contributed by atoms with E-state index in [2.05, 4.69) is 43.4 Å². The van der Waals surface area contributed by atoms with E-state index < -0.39 is 0 Å². The Morgan fingerprint density at radius 1 is 1.37 bits per heavy atom. The highest BCUT2D eigenvalue weighted by molar-refractivity contribution is 8.00. The lowest BCUT2D eigenvalue weighted by Crippen LogP contribution is -2.44. The number of thioether (sulfide) groups is 1. The molecule has 0 amide bonds. The van der Waals surface area contributed by atoms with Crippen molar-refractivity contribution in [2.24, 2.45) is 0 Å². The summed E-state index contributed by atoms with van der Waals surface area (Å²) in [6.07, 6.45) is 3.30. The zero-order chi connectivity index (χ0) is 13.9. The van der Waals surface area contributed by atoms with Gasteiger partial charge in [0.2, 0.25) is 0 Å². The van der Waals surface area contributed by atoms with Crippen molar-refractivity contribution < 1.29 is 5.11 Å². The SMILES string of the molecule is CNC1(CO)CCC(Sc2ccc(C(C)C)cc2)C1. The highest BCUT2D eigenvalue weighted by atomic mass is 32.2. The molecule has 2 rings (SSSR count). The standard InChI is InChI=1S/C16H25NOS/c1-12(2)13-4-6-14(7-5-13)19-15-8-9-16(10-15,11-18)17-3/h4-7,12,15,17-18H,8-11H2,1-3H3. The molecule has 2 nitrogen and oxygen atoms in total. The second-order valence-corrected chi connectivity index (χ2v) is 7.27. The first-order chi connectivity index (χ1) is 9.08. The lowest BCUT2D eigenvalue weighted by atomic mass is 10.00. The number of likely N-dealkylation sites (N-methyl/N-ethyl adjacent to an activating group) is 1. The summed E-state index contributed by atoms with van der Waals surface area (Å²) in [5, 5.41) is 13.4. The van der Waals surface area contributed by atoms with Gasteiger partial charge in [-0.25, -0.2) is 0 Å². The first kappa shape index (κ1) is 14.9. The van der Waals surface area contributed by atoms with Crippen molar-refractivity contribution in [2.75, 3.05) is 13.7 Å². The van der Waals surface area contributed by atoms with Crippen molar-refractivity contribution in [2.45, 2.75) is 54.7 Å². The van der Waals surface area contributed by atoms with Crippen molar-refractivity contribution in [1.82, 2.24) is 5.32 Å². The van der Waals surface area contributed by atoms with Gasteiger partial charge in [0.1, 0.15) is 0 Å². The van der Waals surface area contributed by atoms with Crippen LogP contribution in [0.25, 0.3) is 0 Å². The Hall–Kier alpha value is -0.510. The zero-order valence-corrected chi connectivity index (χ0v) is 13.0. The predicted molar refractivity (Wildman–Crippen MR) is 82.9 cm³/mol. The second-order valence-electron chi connectivity index (χ2n) is 5.89. The van der Waals surface area contributed by atoms with E-state index in [0.29, 0.717) is 11.2 Å². The van der Waals surface area contributed by atoms with Gasteiger partial charge in [0.25, 0.3) is 0 Å². The summed E-state index contributed by atoms with van der Waals surface area (Å²) in [5.41, 5.74) is 1.35. The molecule has 1 saturated carbocycles. The summed E-state index contributed by atoms with van der Waals surface area (Å²) in [5.74, 6) is 0.594. The molecule has 0 aromatic heterocycles. The third-order valence-corrected chi connectivity index (χ3v) is 5.53. The number of hydrogen-bond donors (Lipinski definition) is 2. The van der Waals surface area contributed by atoms with Gasteiger partial charge in [-0.05, 0) is 49.9 Å². The van der Waals surface area contributed by atoms with Crippen molar-refractivity contribution in [3.8, 4) is 0 Å². The topological polar surface area (TPSA) is 32.3 Å². The molecule has 0 heterocycles. The van der Waals surface area contributed by atoms with Crippen LogP contribution in [0.2, 0.25) is 0 Å². The van der Waals surface area contributed by atoms with Crippen LogP contribution in [0.4, 0.5) is 0 Å². The van der Waals surface area contributed by atoms with E-state index in [1.165, 1.54) is 16.9 Å². The minimum atomic E-state index is -0.0461. The Balaban J connectivity index is 1.95. The largest absolute Gasteiger partial charge is 0.394 e. The molecule has 106 valence electrons. The monoisotopic (exact) mass is 279 g/mol. The molecule has 1 aliphatic rings. The third kappa shape index (κ3) is 3.53. The Labute approximate surface area is 121 Å². The van der Waals surface area contributed by atoms with Crippen LogP contribution < -0.4 is 5.32 Å². The summed E-state index contributed by atoms with van der Waals surface area (Å²) in [4.78, 5) is 1.35. The number of nitrogens with one attached hydrogen (secondary N) is 1.